The van der Waals surface area contributed by atoms with Crippen LogP contribution in [0.25, 0.3) is 0 Å². The lowest BCUT2D eigenvalue weighted by Crippen LogP contribution is -2.55. The molecule has 1 N–H and O–H groups in total. The van der Waals surface area contributed by atoms with E-state index in [1.54, 1.807) is 19.2 Å². The van der Waals surface area contributed by atoms with Crippen molar-refractivity contribution in [1.29, 1.82) is 0 Å². The first-order valence-electron chi connectivity index (χ1n) is 18.1. The molecule has 3 unspecified atom stereocenters. The van der Waals surface area contributed by atoms with Gasteiger partial charge in [0.15, 0.2) is 11.5 Å². The molecule has 52 heavy (non-hydrogen) atoms. The van der Waals surface area contributed by atoms with Crippen LogP contribution < -0.4 is 19.1 Å². The number of carbonyl (C=O) groups is 2. The van der Waals surface area contributed by atoms with E-state index in [0.29, 0.717) is 78.9 Å². The molecule has 0 saturated heterocycles. The predicted octanol–water partition coefficient (Wildman–Crippen LogP) is 6.25. The van der Waals surface area contributed by atoms with Gasteiger partial charge >= 0.3 is 0 Å². The van der Waals surface area contributed by atoms with Gasteiger partial charge in [-0.3, -0.25) is 14.6 Å². The van der Waals surface area contributed by atoms with Gasteiger partial charge in [0, 0.05) is 43.9 Å². The van der Waals surface area contributed by atoms with Crippen molar-refractivity contribution in [2.75, 3.05) is 25.2 Å². The van der Waals surface area contributed by atoms with Gasteiger partial charge in [0.1, 0.15) is 12.0 Å². The number of carbonyl (C=O) groups excluding carboxylic acids is 2. The summed E-state index contributed by atoms with van der Waals surface area (Å²) in [5.74, 6) is 1.47. The Labute approximate surface area is 304 Å². The molecule has 10 heteroatoms. The van der Waals surface area contributed by atoms with Crippen LogP contribution in [0.4, 0.5) is 11.4 Å². The second kappa shape index (κ2) is 13.7. The molecule has 268 valence electrons. The molecule has 2 amide bonds. The van der Waals surface area contributed by atoms with E-state index in [9.17, 15) is 14.7 Å². The summed E-state index contributed by atoms with van der Waals surface area (Å²) >= 11 is 0. The van der Waals surface area contributed by atoms with E-state index in [1.807, 2.05) is 78.1 Å². The number of hydrogen-bond acceptors (Lipinski definition) is 8. The minimum absolute atomic E-state index is 0.0595. The number of aliphatic hydroxyl groups is 1. The largest absolute Gasteiger partial charge is 0.493 e. The Hall–Kier alpha value is -5.35. The fraction of sp³-hybridized carbons (Fsp3) is 0.357. The number of ether oxygens (including phenoxy) is 3. The Morgan fingerprint density at radius 3 is 2.12 bits per heavy atom. The average Bonchev–Trinajstić information content (AvgIpc) is 3.33. The lowest BCUT2D eigenvalue weighted by Gasteiger charge is -2.42. The highest BCUT2D eigenvalue weighted by molar-refractivity contribution is 6.04. The third kappa shape index (κ3) is 5.94. The Kier molecular flexibility index (Phi) is 8.87. The molecule has 4 aliphatic heterocycles. The SMILES string of the molecule is COc1cc2c(cc1OCCCOc1cc3c(cc1C)C(=O)N1Cc4ccccc4CC1C(O)N3C(C)C)N=CC1Cc3ccccc3CN1C2=O. The van der Waals surface area contributed by atoms with E-state index in [1.165, 1.54) is 11.1 Å². The second-order valence-corrected chi connectivity index (χ2v) is 14.3. The van der Waals surface area contributed by atoms with Gasteiger partial charge in [0.2, 0.25) is 0 Å². The fourth-order valence-electron chi connectivity index (χ4n) is 8.07. The number of fused-ring (bicyclic) bond motifs is 6. The molecule has 4 aromatic rings. The van der Waals surface area contributed by atoms with Crippen LogP contribution in [0.2, 0.25) is 0 Å². The van der Waals surface area contributed by atoms with Gasteiger partial charge < -0.3 is 34.0 Å². The van der Waals surface area contributed by atoms with Crippen molar-refractivity contribution in [3.8, 4) is 17.2 Å². The zero-order valence-corrected chi connectivity index (χ0v) is 30.0. The van der Waals surface area contributed by atoms with Gasteiger partial charge in [-0.05, 0) is 73.6 Å². The maximum Gasteiger partial charge on any atom is 0.257 e. The van der Waals surface area contributed by atoms with Crippen molar-refractivity contribution in [3.63, 3.8) is 0 Å². The topological polar surface area (TPSA) is 104 Å². The van der Waals surface area contributed by atoms with Gasteiger partial charge in [-0.15, -0.1) is 0 Å². The minimum Gasteiger partial charge on any atom is -0.493 e. The normalized spacial score (nSPS) is 20.2. The minimum atomic E-state index is -0.879. The molecule has 0 spiro atoms. The predicted molar refractivity (Wildman–Crippen MR) is 199 cm³/mol. The Morgan fingerprint density at radius 1 is 0.788 bits per heavy atom. The molecule has 10 nitrogen and oxygen atoms in total. The van der Waals surface area contributed by atoms with E-state index in [2.05, 4.69) is 24.3 Å². The molecule has 0 radical (unpaired) electrons. The zero-order valence-electron chi connectivity index (χ0n) is 30.0. The number of aliphatic hydroxyl groups excluding tert-OH is 1. The maximum absolute atomic E-state index is 14.1. The van der Waals surface area contributed by atoms with Crippen LogP contribution in [0.1, 0.15) is 68.8 Å². The number of anilines is 1. The first kappa shape index (κ1) is 33.8. The van der Waals surface area contributed by atoms with Gasteiger partial charge in [0.05, 0.1) is 54.9 Å². The van der Waals surface area contributed by atoms with Crippen LogP contribution >= 0.6 is 0 Å². The molecule has 0 saturated carbocycles. The van der Waals surface area contributed by atoms with E-state index in [-0.39, 0.29) is 29.9 Å². The van der Waals surface area contributed by atoms with Crippen molar-refractivity contribution in [2.24, 2.45) is 4.99 Å². The van der Waals surface area contributed by atoms with Gasteiger partial charge in [-0.1, -0.05) is 48.5 Å². The molecule has 8 rings (SSSR count). The number of amides is 2. The smallest absolute Gasteiger partial charge is 0.257 e. The van der Waals surface area contributed by atoms with Crippen LogP contribution in [0.3, 0.4) is 0 Å². The van der Waals surface area contributed by atoms with Gasteiger partial charge in [-0.25, -0.2) is 0 Å². The Bertz CT molecular complexity index is 2080. The summed E-state index contributed by atoms with van der Waals surface area (Å²) in [5, 5.41) is 11.8. The summed E-state index contributed by atoms with van der Waals surface area (Å²) in [6.07, 6.45) is 2.87. The van der Waals surface area contributed by atoms with Crippen molar-refractivity contribution in [1.82, 2.24) is 9.80 Å². The third-order valence-corrected chi connectivity index (χ3v) is 10.8. The maximum atomic E-state index is 14.1. The molecule has 4 heterocycles. The highest BCUT2D eigenvalue weighted by atomic mass is 16.5. The van der Waals surface area contributed by atoms with Gasteiger partial charge in [-0.2, -0.15) is 0 Å². The highest BCUT2D eigenvalue weighted by Gasteiger charge is 2.43. The number of rotatable bonds is 8. The number of hydrogen-bond donors (Lipinski definition) is 1. The first-order valence-corrected chi connectivity index (χ1v) is 18.1. The van der Waals surface area contributed by atoms with E-state index in [4.69, 9.17) is 19.2 Å². The molecule has 0 fully saturated rings. The lowest BCUT2D eigenvalue weighted by molar-refractivity contribution is 0.0292. The van der Waals surface area contributed by atoms with E-state index >= 15 is 0 Å². The number of benzene rings is 4. The molecular formula is C42H44N4O6. The van der Waals surface area contributed by atoms with E-state index < -0.39 is 6.23 Å². The summed E-state index contributed by atoms with van der Waals surface area (Å²) in [4.78, 5) is 38.2. The number of aryl methyl sites for hydroxylation is 1. The van der Waals surface area contributed by atoms with Crippen LogP contribution in [-0.4, -0.2) is 77.6 Å². The van der Waals surface area contributed by atoms with Crippen LogP contribution in [0, 0.1) is 6.92 Å². The van der Waals surface area contributed by atoms with Crippen molar-refractivity contribution in [2.45, 2.75) is 77.5 Å². The van der Waals surface area contributed by atoms with E-state index in [0.717, 1.165) is 23.1 Å². The van der Waals surface area contributed by atoms with Crippen molar-refractivity contribution >= 4 is 29.4 Å². The zero-order chi connectivity index (χ0) is 36.1. The van der Waals surface area contributed by atoms with Crippen LogP contribution in [-0.2, 0) is 25.9 Å². The quantitative estimate of drug-likeness (QED) is 0.217. The number of nitrogens with zero attached hydrogens (tertiary/aromatic N) is 4. The standard InChI is InChI=1S/C42H44N4O6/c1-25(2)46-35-21-37(26(3)16-33(35)41(48)45-24-30-13-8-6-11-28(30)18-36(45)42(46)49)51-14-9-15-52-39-20-34-32(19-38(39)50-4)40(47)44-23-29-12-7-5-10-27(29)17-31(44)22-43-34/h5-8,10-13,16,19-22,25,31,36,42,49H,9,14-15,17-18,23-24H2,1-4H3. The number of aliphatic imine (C=N–C) groups is 1. The van der Waals surface area contributed by atoms with Crippen molar-refractivity contribution in [3.05, 3.63) is 112 Å². The molecule has 0 aliphatic carbocycles. The van der Waals surface area contributed by atoms with Crippen molar-refractivity contribution < 1.29 is 28.9 Å². The van der Waals surface area contributed by atoms with Gasteiger partial charge in [0.25, 0.3) is 11.8 Å². The summed E-state index contributed by atoms with van der Waals surface area (Å²) in [6, 6.07) is 23.1. The number of methoxy groups -OCH3 is 1. The highest BCUT2D eigenvalue weighted by Crippen LogP contribution is 2.41. The average molecular weight is 701 g/mol. The summed E-state index contributed by atoms with van der Waals surface area (Å²) in [6.45, 7) is 7.71. The first-order chi connectivity index (χ1) is 25.2. The monoisotopic (exact) mass is 700 g/mol. The third-order valence-electron chi connectivity index (χ3n) is 10.8. The fourth-order valence-corrected chi connectivity index (χ4v) is 8.07. The molecule has 3 atom stereocenters. The Morgan fingerprint density at radius 2 is 1.42 bits per heavy atom. The molecule has 0 aromatic heterocycles. The molecular weight excluding hydrogens is 656 g/mol. The molecule has 0 bridgehead atoms. The lowest BCUT2D eigenvalue weighted by atomic mass is 9.92. The summed E-state index contributed by atoms with van der Waals surface area (Å²) < 4.78 is 18.1. The Balaban J connectivity index is 0.958. The summed E-state index contributed by atoms with van der Waals surface area (Å²) in [5.41, 5.74) is 7.81. The van der Waals surface area contributed by atoms with Crippen LogP contribution in [0.5, 0.6) is 17.2 Å². The second-order valence-electron chi connectivity index (χ2n) is 14.3. The summed E-state index contributed by atoms with van der Waals surface area (Å²) in [7, 11) is 1.57. The molecule has 4 aromatic carbocycles. The van der Waals surface area contributed by atoms with Crippen LogP contribution in [0.15, 0.2) is 77.8 Å². The molecule has 4 aliphatic rings.